The van der Waals surface area contributed by atoms with E-state index in [0.29, 0.717) is 18.1 Å². The lowest BCUT2D eigenvalue weighted by Crippen LogP contribution is -2.69. The lowest BCUT2D eigenvalue weighted by molar-refractivity contribution is 0.0214. The predicted octanol–water partition coefficient (Wildman–Crippen LogP) is 6.06. The number of piperidine rings is 2. The average Bonchev–Trinajstić information content (AvgIpc) is 2.73. The molecule has 8 nitrogen and oxygen atoms in total. The molecule has 8 N–H and O–H groups in total. The van der Waals surface area contributed by atoms with Gasteiger partial charge in [0, 0.05) is 52.4 Å². The smallest absolute Gasteiger partial charge is 0.114 e. The van der Waals surface area contributed by atoms with Crippen LogP contribution in [0.15, 0.2) is 0 Å². The predicted molar refractivity (Wildman–Crippen MR) is 196 cm³/mol. The fraction of sp³-hybridized carbons (Fsp3) is 1.00. The molecule has 0 aromatic rings. The third-order valence-electron chi connectivity index (χ3n) is 9.75. The molecule has 2 atom stereocenters. The Bertz CT molecular complexity index is 855. The highest BCUT2D eigenvalue weighted by atomic mass is 15.4. The summed E-state index contributed by atoms with van der Waals surface area (Å²) >= 11 is 0. The van der Waals surface area contributed by atoms with Gasteiger partial charge in [0.1, 0.15) is 12.6 Å². The fourth-order valence-corrected chi connectivity index (χ4v) is 9.48. The summed E-state index contributed by atoms with van der Waals surface area (Å²) in [5, 5.41) is 14.9. The van der Waals surface area contributed by atoms with Gasteiger partial charge in [-0.2, -0.15) is 0 Å². The summed E-state index contributed by atoms with van der Waals surface area (Å²) in [6, 6.07) is 1.59. The summed E-state index contributed by atoms with van der Waals surface area (Å²) in [4.78, 5) is 5.30. The molecule has 0 amide bonds. The van der Waals surface area contributed by atoms with Crippen LogP contribution in [-0.2, 0) is 0 Å². The summed E-state index contributed by atoms with van der Waals surface area (Å²) in [5.74, 6) is 0. The third-order valence-corrected chi connectivity index (χ3v) is 9.75. The molecule has 0 bridgehead atoms. The van der Waals surface area contributed by atoms with E-state index < -0.39 is 0 Å². The Balaban J connectivity index is 2.01. The summed E-state index contributed by atoms with van der Waals surface area (Å²) in [6.45, 7) is 37.0. The second-order valence-electron chi connectivity index (χ2n) is 19.7. The van der Waals surface area contributed by atoms with E-state index in [2.05, 4.69) is 135 Å². The maximum Gasteiger partial charge on any atom is 0.114 e. The van der Waals surface area contributed by atoms with Crippen molar-refractivity contribution in [2.45, 2.75) is 220 Å². The van der Waals surface area contributed by atoms with Crippen molar-refractivity contribution in [2.24, 2.45) is 16.9 Å². The van der Waals surface area contributed by atoms with E-state index in [1.54, 1.807) is 0 Å². The lowest BCUT2D eigenvalue weighted by atomic mass is 9.78. The first kappa shape index (κ1) is 40.9. The SMILES string of the molecule is CC(C)N(CCCCCCN(C1CC(C)(C)NC(C)(C)C1)C(N)NC(N)NC(C)(C)CC(C)(C)C)C1CC(C)(C)NC(C)(C)C1. The summed E-state index contributed by atoms with van der Waals surface area (Å²) in [7, 11) is 0. The number of hydrogen-bond donors (Lipinski definition) is 6. The van der Waals surface area contributed by atoms with Crippen LogP contribution in [-0.4, -0.2) is 81.3 Å². The molecule has 2 saturated heterocycles. The van der Waals surface area contributed by atoms with E-state index in [-0.39, 0.29) is 45.7 Å². The number of rotatable bonds is 16. The molecule has 2 unspecified atom stereocenters. The van der Waals surface area contributed by atoms with Crippen molar-refractivity contribution < 1.29 is 0 Å². The molecule has 0 radical (unpaired) electrons. The van der Waals surface area contributed by atoms with Crippen LogP contribution in [0.4, 0.5) is 0 Å². The van der Waals surface area contributed by atoms with Crippen LogP contribution >= 0.6 is 0 Å². The van der Waals surface area contributed by atoms with Gasteiger partial charge in [0.15, 0.2) is 0 Å². The van der Waals surface area contributed by atoms with E-state index in [1.165, 1.54) is 38.6 Å². The van der Waals surface area contributed by atoms with Gasteiger partial charge in [0.05, 0.1) is 0 Å². The van der Waals surface area contributed by atoms with Crippen LogP contribution in [0.3, 0.4) is 0 Å². The molecule has 8 heteroatoms. The normalized spacial score (nSPS) is 24.0. The Kier molecular flexibility index (Phi) is 14.1. The zero-order valence-corrected chi connectivity index (χ0v) is 32.7. The van der Waals surface area contributed by atoms with Gasteiger partial charge >= 0.3 is 0 Å². The third kappa shape index (κ3) is 14.8. The molecule has 2 aliphatic heterocycles. The number of nitrogens with one attached hydrogen (secondary N) is 4. The van der Waals surface area contributed by atoms with Gasteiger partial charge in [-0.25, -0.2) is 0 Å². The van der Waals surface area contributed by atoms with E-state index in [4.69, 9.17) is 11.5 Å². The van der Waals surface area contributed by atoms with Crippen molar-refractivity contribution >= 4 is 0 Å². The molecular weight excluding hydrogens is 556 g/mol. The lowest BCUT2D eigenvalue weighted by Gasteiger charge is -2.51. The molecule has 45 heavy (non-hydrogen) atoms. The second-order valence-corrected chi connectivity index (χ2v) is 19.7. The molecule has 2 heterocycles. The summed E-state index contributed by atoms with van der Waals surface area (Å²) < 4.78 is 0. The maximum absolute atomic E-state index is 6.98. The zero-order chi connectivity index (χ0) is 34.6. The molecule has 2 fully saturated rings. The van der Waals surface area contributed by atoms with Gasteiger partial charge in [-0.15, -0.1) is 0 Å². The monoisotopic (exact) mass is 637 g/mol. The number of unbranched alkanes of at least 4 members (excludes halogenated alkanes) is 3. The average molecular weight is 637 g/mol. The van der Waals surface area contributed by atoms with Gasteiger partial charge in [0.2, 0.25) is 0 Å². The standard InChI is InChI=1S/C37H80N8/c1-27(2)44(28-22-33(6,7)42-34(8,9)23-28)20-18-16-17-19-21-45(29-24-35(10,11)43-36(12,13)25-29)31(39)40-30(38)41-37(14,15)26-32(3,4)5/h27-31,40-43H,16-26,38-39H2,1-15H3. The highest BCUT2D eigenvalue weighted by Crippen LogP contribution is 2.34. The Morgan fingerprint density at radius 1 is 0.667 bits per heavy atom. The summed E-state index contributed by atoms with van der Waals surface area (Å²) in [6.07, 6.45) is 9.75. The Morgan fingerprint density at radius 3 is 1.42 bits per heavy atom. The largest absolute Gasteiger partial charge is 0.307 e. The Morgan fingerprint density at radius 2 is 1.04 bits per heavy atom. The molecular formula is C37H80N8. The van der Waals surface area contributed by atoms with Crippen LogP contribution in [0, 0.1) is 5.41 Å². The van der Waals surface area contributed by atoms with Crippen LogP contribution < -0.4 is 32.7 Å². The molecule has 2 rings (SSSR count). The fourth-order valence-electron chi connectivity index (χ4n) is 9.48. The van der Waals surface area contributed by atoms with Crippen molar-refractivity contribution in [2.75, 3.05) is 13.1 Å². The maximum atomic E-state index is 6.98. The summed E-state index contributed by atoms with van der Waals surface area (Å²) in [5.41, 5.74) is 14.2. The van der Waals surface area contributed by atoms with E-state index in [0.717, 1.165) is 32.2 Å². The van der Waals surface area contributed by atoms with Gasteiger partial charge in [-0.1, -0.05) is 33.6 Å². The Hall–Kier alpha value is -0.320. The first-order valence-corrected chi connectivity index (χ1v) is 18.4. The van der Waals surface area contributed by atoms with E-state index in [9.17, 15) is 0 Å². The van der Waals surface area contributed by atoms with Gasteiger partial charge < -0.3 is 22.1 Å². The second kappa shape index (κ2) is 15.5. The molecule has 0 saturated carbocycles. The molecule has 0 aromatic heterocycles. The van der Waals surface area contributed by atoms with Crippen molar-refractivity contribution in [3.63, 3.8) is 0 Å². The molecule has 2 aliphatic rings. The minimum Gasteiger partial charge on any atom is -0.307 e. The highest BCUT2D eigenvalue weighted by Gasteiger charge is 2.42. The number of nitrogens with zero attached hydrogens (tertiary/aromatic N) is 2. The molecule has 0 aromatic carbocycles. The number of nitrogens with two attached hydrogens (primary N) is 2. The Labute approximate surface area is 280 Å². The van der Waals surface area contributed by atoms with Crippen molar-refractivity contribution in [3.8, 4) is 0 Å². The van der Waals surface area contributed by atoms with E-state index >= 15 is 0 Å². The highest BCUT2D eigenvalue weighted by molar-refractivity contribution is 5.02. The van der Waals surface area contributed by atoms with Crippen LogP contribution in [0.5, 0.6) is 0 Å². The van der Waals surface area contributed by atoms with Crippen molar-refractivity contribution in [1.82, 2.24) is 31.1 Å². The van der Waals surface area contributed by atoms with Crippen molar-refractivity contribution in [1.29, 1.82) is 0 Å². The van der Waals surface area contributed by atoms with E-state index in [1.807, 2.05) is 0 Å². The topological polar surface area (TPSA) is 107 Å². The minimum atomic E-state index is -0.380. The number of hydrogen-bond acceptors (Lipinski definition) is 8. The first-order valence-electron chi connectivity index (χ1n) is 18.4. The van der Waals surface area contributed by atoms with Gasteiger partial charge in [-0.05, 0) is 140 Å². The quantitative estimate of drug-likeness (QED) is 0.0898. The van der Waals surface area contributed by atoms with Crippen LogP contribution in [0.2, 0.25) is 0 Å². The van der Waals surface area contributed by atoms with Crippen LogP contribution in [0.25, 0.3) is 0 Å². The molecule has 0 spiro atoms. The first-order chi connectivity index (χ1) is 20.2. The molecule has 0 aliphatic carbocycles. The van der Waals surface area contributed by atoms with Gasteiger partial charge in [0.25, 0.3) is 0 Å². The van der Waals surface area contributed by atoms with Crippen LogP contribution in [0.1, 0.15) is 162 Å². The molecule has 268 valence electrons. The zero-order valence-electron chi connectivity index (χ0n) is 32.7. The van der Waals surface area contributed by atoms with Crippen molar-refractivity contribution in [3.05, 3.63) is 0 Å². The minimum absolute atomic E-state index is 0.0531. The van der Waals surface area contributed by atoms with Gasteiger partial charge in [-0.3, -0.25) is 20.4 Å².